The maximum absolute atomic E-state index is 9.80. The van der Waals surface area contributed by atoms with E-state index in [1.165, 1.54) is 25.7 Å². The maximum Gasteiger partial charge on any atom is 0.0695 e. The fourth-order valence-corrected chi connectivity index (χ4v) is 2.05. The van der Waals surface area contributed by atoms with Crippen molar-refractivity contribution in [3.8, 4) is 0 Å². The molecule has 1 rings (SSSR count). The van der Waals surface area contributed by atoms with Crippen molar-refractivity contribution in [2.45, 2.75) is 50.7 Å². The maximum atomic E-state index is 9.80. The fourth-order valence-electron chi connectivity index (χ4n) is 2.05. The van der Waals surface area contributed by atoms with Gasteiger partial charge in [0.1, 0.15) is 0 Å². The molecule has 1 aliphatic rings. The third-order valence-corrected chi connectivity index (χ3v) is 2.86. The van der Waals surface area contributed by atoms with Crippen molar-refractivity contribution >= 4 is 0 Å². The molecule has 2 heteroatoms. The predicted molar refractivity (Wildman–Crippen MR) is 51.2 cm³/mol. The summed E-state index contributed by atoms with van der Waals surface area (Å²) in [5, 5.41) is 9.80. The number of nitrogens with zero attached hydrogens (tertiary/aromatic N) is 1. The number of likely N-dealkylation sites (N-methyl/N-ethyl adjacent to an activating group) is 1. The first-order valence-electron chi connectivity index (χ1n) is 5.06. The quantitative estimate of drug-likeness (QED) is 0.648. The molecule has 1 N–H and O–H groups in total. The Balaban J connectivity index is 2.43. The van der Waals surface area contributed by atoms with E-state index in [1.54, 1.807) is 0 Å². The summed E-state index contributed by atoms with van der Waals surface area (Å²) >= 11 is 0. The molecule has 0 unspecified atom stereocenters. The lowest BCUT2D eigenvalue weighted by Gasteiger charge is -2.30. The van der Waals surface area contributed by atoms with Crippen molar-refractivity contribution in [1.29, 1.82) is 0 Å². The molecule has 2 atom stereocenters. The molecule has 0 heterocycles. The Morgan fingerprint density at radius 3 is 2.17 bits per heavy atom. The molecule has 0 aliphatic heterocycles. The number of rotatable bonds is 1. The molecule has 2 nitrogen and oxygen atoms in total. The van der Waals surface area contributed by atoms with Crippen LogP contribution < -0.4 is 0 Å². The molecule has 12 heavy (non-hydrogen) atoms. The third kappa shape index (κ3) is 2.76. The van der Waals surface area contributed by atoms with E-state index >= 15 is 0 Å². The Labute approximate surface area is 75.6 Å². The smallest absolute Gasteiger partial charge is 0.0695 e. The summed E-state index contributed by atoms with van der Waals surface area (Å²) in [5.41, 5.74) is 0. The predicted octanol–water partition coefficient (Wildman–Crippen LogP) is 1.63. The SMILES string of the molecule is CN(C)[C@@H]1CCCCCC[C@H]1O. The molecule has 1 aliphatic carbocycles. The number of aliphatic hydroxyl groups excluding tert-OH is 1. The van der Waals surface area contributed by atoms with Gasteiger partial charge in [-0.1, -0.05) is 25.7 Å². The zero-order valence-corrected chi connectivity index (χ0v) is 8.29. The second-order valence-electron chi connectivity index (χ2n) is 4.09. The summed E-state index contributed by atoms with van der Waals surface area (Å²) in [7, 11) is 4.13. The molecule has 0 amide bonds. The van der Waals surface area contributed by atoms with Crippen LogP contribution in [0.3, 0.4) is 0 Å². The van der Waals surface area contributed by atoms with Crippen molar-refractivity contribution in [2.75, 3.05) is 14.1 Å². The van der Waals surface area contributed by atoms with Gasteiger partial charge in [-0.3, -0.25) is 0 Å². The lowest BCUT2D eigenvalue weighted by Crippen LogP contribution is -2.39. The molecule has 0 spiro atoms. The minimum Gasteiger partial charge on any atom is -0.391 e. The van der Waals surface area contributed by atoms with Gasteiger partial charge in [-0.2, -0.15) is 0 Å². The first kappa shape index (κ1) is 10.0. The summed E-state index contributed by atoms with van der Waals surface area (Å²) in [5.74, 6) is 0. The van der Waals surface area contributed by atoms with Gasteiger partial charge < -0.3 is 10.0 Å². The summed E-state index contributed by atoms with van der Waals surface area (Å²) < 4.78 is 0. The highest BCUT2D eigenvalue weighted by Crippen LogP contribution is 2.20. The number of hydrogen-bond donors (Lipinski definition) is 1. The van der Waals surface area contributed by atoms with Gasteiger partial charge in [0.25, 0.3) is 0 Å². The third-order valence-electron chi connectivity index (χ3n) is 2.86. The van der Waals surface area contributed by atoms with Crippen LogP contribution in [0.25, 0.3) is 0 Å². The van der Waals surface area contributed by atoms with E-state index in [1.807, 2.05) is 0 Å². The van der Waals surface area contributed by atoms with Crippen LogP contribution in [-0.4, -0.2) is 36.2 Å². The topological polar surface area (TPSA) is 23.5 Å². The molecule has 72 valence electrons. The van der Waals surface area contributed by atoms with Crippen molar-refractivity contribution in [1.82, 2.24) is 4.90 Å². The second-order valence-corrected chi connectivity index (χ2v) is 4.09. The monoisotopic (exact) mass is 171 g/mol. The molecule has 0 aromatic rings. The van der Waals surface area contributed by atoms with Gasteiger partial charge in [-0.15, -0.1) is 0 Å². The van der Waals surface area contributed by atoms with Crippen LogP contribution in [0, 0.1) is 0 Å². The first-order valence-corrected chi connectivity index (χ1v) is 5.06. The van der Waals surface area contributed by atoms with E-state index in [2.05, 4.69) is 19.0 Å². The fraction of sp³-hybridized carbons (Fsp3) is 1.00. The second kappa shape index (κ2) is 4.83. The zero-order valence-electron chi connectivity index (χ0n) is 8.29. The summed E-state index contributed by atoms with van der Waals surface area (Å²) in [6.45, 7) is 0. The highest BCUT2D eigenvalue weighted by Gasteiger charge is 2.21. The number of hydrogen-bond acceptors (Lipinski definition) is 2. The lowest BCUT2D eigenvalue weighted by molar-refractivity contribution is 0.0559. The van der Waals surface area contributed by atoms with Crippen LogP contribution in [0.4, 0.5) is 0 Å². The van der Waals surface area contributed by atoms with Crippen LogP contribution in [0.15, 0.2) is 0 Å². The van der Waals surface area contributed by atoms with Crippen LogP contribution in [0.5, 0.6) is 0 Å². The molecule has 1 saturated carbocycles. The van der Waals surface area contributed by atoms with E-state index in [9.17, 15) is 5.11 Å². The summed E-state index contributed by atoms with van der Waals surface area (Å²) in [6, 6.07) is 0.394. The van der Waals surface area contributed by atoms with E-state index in [-0.39, 0.29) is 6.10 Å². The molecule has 0 aromatic heterocycles. The zero-order chi connectivity index (χ0) is 8.97. The molecule has 0 saturated heterocycles. The van der Waals surface area contributed by atoms with Crippen LogP contribution in [-0.2, 0) is 0 Å². The first-order chi connectivity index (χ1) is 5.72. The highest BCUT2D eigenvalue weighted by atomic mass is 16.3. The van der Waals surface area contributed by atoms with Gasteiger partial charge in [-0.25, -0.2) is 0 Å². The minimum absolute atomic E-state index is 0.0969. The van der Waals surface area contributed by atoms with Crippen LogP contribution in [0.2, 0.25) is 0 Å². The molecule has 0 bridgehead atoms. The largest absolute Gasteiger partial charge is 0.391 e. The van der Waals surface area contributed by atoms with Gasteiger partial charge in [0.2, 0.25) is 0 Å². The lowest BCUT2D eigenvalue weighted by atomic mass is 9.94. The molecule has 0 radical (unpaired) electrons. The Kier molecular flexibility index (Phi) is 4.02. The van der Waals surface area contributed by atoms with Gasteiger partial charge in [0.15, 0.2) is 0 Å². The highest BCUT2D eigenvalue weighted by molar-refractivity contribution is 4.77. The average Bonchev–Trinajstić information content (AvgIpc) is 1.96. The Hall–Kier alpha value is -0.0800. The minimum atomic E-state index is -0.0969. The Bertz CT molecular complexity index is 125. The van der Waals surface area contributed by atoms with E-state index in [4.69, 9.17) is 0 Å². The van der Waals surface area contributed by atoms with E-state index in [0.29, 0.717) is 6.04 Å². The Morgan fingerprint density at radius 1 is 1.00 bits per heavy atom. The summed E-state index contributed by atoms with van der Waals surface area (Å²) in [4.78, 5) is 2.16. The Morgan fingerprint density at radius 2 is 1.58 bits per heavy atom. The molecule has 0 aromatic carbocycles. The van der Waals surface area contributed by atoms with Gasteiger partial charge in [0, 0.05) is 6.04 Å². The van der Waals surface area contributed by atoms with Crippen molar-refractivity contribution in [3.63, 3.8) is 0 Å². The standard InChI is InChI=1S/C10H21NO/c1-11(2)9-7-5-3-4-6-8-10(9)12/h9-10,12H,3-8H2,1-2H3/t9-,10-/m1/s1. The van der Waals surface area contributed by atoms with Crippen molar-refractivity contribution < 1.29 is 5.11 Å². The molecule has 1 fully saturated rings. The number of aliphatic hydroxyl groups is 1. The summed E-state index contributed by atoms with van der Waals surface area (Å²) in [6.07, 6.45) is 7.18. The van der Waals surface area contributed by atoms with E-state index < -0.39 is 0 Å². The molecular formula is C10H21NO. The van der Waals surface area contributed by atoms with Crippen LogP contribution in [0.1, 0.15) is 38.5 Å². The van der Waals surface area contributed by atoms with Crippen LogP contribution >= 0.6 is 0 Å². The molecular weight excluding hydrogens is 150 g/mol. The average molecular weight is 171 g/mol. The van der Waals surface area contributed by atoms with Gasteiger partial charge >= 0.3 is 0 Å². The normalized spacial score (nSPS) is 33.0. The van der Waals surface area contributed by atoms with Crippen molar-refractivity contribution in [3.05, 3.63) is 0 Å². The van der Waals surface area contributed by atoms with Gasteiger partial charge in [0.05, 0.1) is 6.10 Å². The van der Waals surface area contributed by atoms with Crippen molar-refractivity contribution in [2.24, 2.45) is 0 Å². The van der Waals surface area contributed by atoms with E-state index in [0.717, 1.165) is 12.8 Å². The van der Waals surface area contributed by atoms with Gasteiger partial charge in [-0.05, 0) is 26.9 Å².